The van der Waals surface area contributed by atoms with Crippen molar-refractivity contribution in [3.05, 3.63) is 58.3 Å². The Balaban J connectivity index is 1.67. The van der Waals surface area contributed by atoms with Gasteiger partial charge in [0, 0.05) is 5.02 Å². The van der Waals surface area contributed by atoms with E-state index in [9.17, 15) is 9.18 Å². The maximum atomic E-state index is 13.7. The molecule has 0 radical (unpaired) electrons. The van der Waals surface area contributed by atoms with Gasteiger partial charge in [-0.25, -0.2) is 9.37 Å². The van der Waals surface area contributed by atoms with Crippen molar-refractivity contribution in [1.29, 1.82) is 0 Å². The number of benzene rings is 2. The maximum Gasteiger partial charge on any atom is 0.279 e. The van der Waals surface area contributed by atoms with Crippen LogP contribution in [0.3, 0.4) is 0 Å². The number of carbonyl (C=O) groups is 1. The van der Waals surface area contributed by atoms with Gasteiger partial charge in [-0.15, -0.1) is 11.3 Å². The Hall–Kier alpha value is -2.02. The Morgan fingerprint density at radius 2 is 2.12 bits per heavy atom. The zero-order valence-corrected chi connectivity index (χ0v) is 15.4. The molecule has 0 aliphatic rings. The van der Waals surface area contributed by atoms with Crippen LogP contribution in [0.4, 0.5) is 10.1 Å². The zero-order chi connectivity index (χ0) is 18.0. The van der Waals surface area contributed by atoms with Crippen LogP contribution in [0.2, 0.25) is 5.02 Å². The lowest BCUT2D eigenvalue weighted by Crippen LogP contribution is -3.10. The number of hydrogen-bond donors (Lipinski definition) is 2. The fraction of sp³-hybridized carbons (Fsp3) is 0.222. The molecular weight excluding hydrogens is 361 g/mol. The predicted molar refractivity (Wildman–Crippen MR) is 99.8 cm³/mol. The van der Waals surface area contributed by atoms with E-state index < -0.39 is 5.82 Å². The highest BCUT2D eigenvalue weighted by Crippen LogP contribution is 2.24. The highest BCUT2D eigenvalue weighted by molar-refractivity contribution is 7.18. The number of halogens is 2. The number of nitrogens with one attached hydrogen (secondary N) is 2. The third kappa shape index (κ3) is 4.15. The first-order valence-electron chi connectivity index (χ1n) is 7.86. The molecule has 0 fully saturated rings. The molecule has 130 valence electrons. The number of likely N-dealkylation sites (N-methyl/N-ethyl adjacent to an activating group) is 1. The van der Waals surface area contributed by atoms with E-state index in [0.717, 1.165) is 20.1 Å². The van der Waals surface area contributed by atoms with Crippen LogP contribution in [0.15, 0.2) is 42.5 Å². The van der Waals surface area contributed by atoms with Crippen molar-refractivity contribution in [3.8, 4) is 0 Å². The number of aromatic nitrogens is 1. The normalized spacial score (nSPS) is 13.6. The lowest BCUT2D eigenvalue weighted by atomic mass is 10.3. The van der Waals surface area contributed by atoms with Gasteiger partial charge < -0.3 is 10.2 Å². The summed E-state index contributed by atoms with van der Waals surface area (Å²) in [4.78, 5) is 17.8. The molecule has 3 aromatic rings. The van der Waals surface area contributed by atoms with Gasteiger partial charge in [-0.3, -0.25) is 4.79 Å². The number of para-hydroxylation sites is 1. The molecule has 7 heteroatoms. The molecule has 4 nitrogen and oxygen atoms in total. The third-order valence-electron chi connectivity index (χ3n) is 4.06. The highest BCUT2D eigenvalue weighted by Gasteiger charge is 2.22. The molecule has 0 saturated heterocycles. The van der Waals surface area contributed by atoms with Crippen molar-refractivity contribution in [2.75, 3.05) is 18.9 Å². The molecule has 2 atom stereocenters. The third-order valence-corrected chi connectivity index (χ3v) is 5.52. The molecular formula is C18H18ClFN3OS+. The summed E-state index contributed by atoms with van der Waals surface area (Å²) in [5.74, 6) is -0.777. The number of quaternary nitrogens is 1. The second-order valence-electron chi connectivity index (χ2n) is 5.94. The predicted octanol–water partition coefficient (Wildman–Crippen LogP) is 3.30. The van der Waals surface area contributed by atoms with Crippen LogP contribution < -0.4 is 10.2 Å². The van der Waals surface area contributed by atoms with Crippen LogP contribution in [0.1, 0.15) is 18.0 Å². The molecule has 0 spiro atoms. The SMILES string of the molecule is C[C@H](c1nc2ccccc2s1)[NH+](C)CC(=O)Nc1cc(Cl)ccc1F. The van der Waals surface area contributed by atoms with E-state index in [4.69, 9.17) is 11.6 Å². The monoisotopic (exact) mass is 378 g/mol. The number of rotatable bonds is 5. The van der Waals surface area contributed by atoms with E-state index in [-0.39, 0.29) is 24.2 Å². The number of amides is 1. The molecule has 2 N–H and O–H groups in total. The second-order valence-corrected chi connectivity index (χ2v) is 7.44. The quantitative estimate of drug-likeness (QED) is 0.715. The number of carbonyl (C=O) groups excluding carboxylic acids is 1. The van der Waals surface area contributed by atoms with E-state index >= 15 is 0 Å². The first-order chi connectivity index (χ1) is 11.9. The van der Waals surface area contributed by atoms with Gasteiger partial charge in [0.1, 0.15) is 11.9 Å². The smallest absolute Gasteiger partial charge is 0.279 e. The van der Waals surface area contributed by atoms with Gasteiger partial charge in [0.2, 0.25) is 0 Å². The summed E-state index contributed by atoms with van der Waals surface area (Å²) in [5.41, 5.74) is 1.06. The summed E-state index contributed by atoms with van der Waals surface area (Å²) in [7, 11) is 1.92. The minimum Gasteiger partial charge on any atom is -0.322 e. The number of hydrogen-bond acceptors (Lipinski definition) is 3. The minimum absolute atomic E-state index is 0.0485. The van der Waals surface area contributed by atoms with Crippen molar-refractivity contribution in [2.45, 2.75) is 13.0 Å². The molecule has 1 heterocycles. The maximum absolute atomic E-state index is 13.7. The molecule has 1 unspecified atom stereocenters. The van der Waals surface area contributed by atoms with Crippen molar-refractivity contribution in [2.24, 2.45) is 0 Å². The van der Waals surface area contributed by atoms with E-state index in [1.54, 1.807) is 11.3 Å². The largest absolute Gasteiger partial charge is 0.322 e. The van der Waals surface area contributed by atoms with E-state index in [2.05, 4.69) is 10.3 Å². The number of thiazole rings is 1. The summed E-state index contributed by atoms with van der Waals surface area (Å²) in [6.07, 6.45) is 0. The van der Waals surface area contributed by atoms with Gasteiger partial charge in [0.15, 0.2) is 11.6 Å². The number of anilines is 1. The molecule has 1 aromatic heterocycles. The van der Waals surface area contributed by atoms with Gasteiger partial charge in [-0.05, 0) is 37.3 Å². The Kier molecular flexibility index (Phi) is 5.32. The summed E-state index contributed by atoms with van der Waals surface area (Å²) in [6, 6.07) is 12.1. The summed E-state index contributed by atoms with van der Waals surface area (Å²) in [5, 5.41) is 3.93. The van der Waals surface area contributed by atoms with E-state index in [1.165, 1.54) is 18.2 Å². The first kappa shape index (κ1) is 17.8. The molecule has 1 amide bonds. The van der Waals surface area contributed by atoms with Crippen LogP contribution in [0.5, 0.6) is 0 Å². The summed E-state index contributed by atoms with van der Waals surface area (Å²) < 4.78 is 14.8. The average Bonchev–Trinajstić information content (AvgIpc) is 3.01. The Labute approximate surface area is 154 Å². The minimum atomic E-state index is -0.505. The standard InChI is InChI=1S/C18H17ClFN3OS/c1-11(18-22-14-5-3-4-6-16(14)25-18)23(2)10-17(24)21-15-9-12(19)7-8-13(15)20/h3-9,11H,10H2,1-2H3,(H,21,24)/p+1/t11-/m1/s1. The van der Waals surface area contributed by atoms with Crippen molar-refractivity contribution in [1.82, 2.24) is 4.98 Å². The summed E-state index contributed by atoms with van der Waals surface area (Å²) >= 11 is 7.47. The van der Waals surface area contributed by atoms with Crippen LogP contribution >= 0.6 is 22.9 Å². The fourth-order valence-electron chi connectivity index (χ4n) is 2.48. The molecule has 0 bridgehead atoms. The topological polar surface area (TPSA) is 46.4 Å². The number of nitrogens with zero attached hydrogens (tertiary/aromatic N) is 1. The van der Waals surface area contributed by atoms with E-state index in [0.29, 0.717) is 5.02 Å². The lowest BCUT2D eigenvalue weighted by molar-refractivity contribution is -0.902. The molecule has 3 rings (SSSR count). The molecule has 0 aliphatic heterocycles. The molecule has 0 saturated carbocycles. The molecule has 2 aromatic carbocycles. The number of fused-ring (bicyclic) bond motifs is 1. The Bertz CT molecular complexity index is 881. The van der Waals surface area contributed by atoms with Gasteiger partial charge >= 0.3 is 0 Å². The second kappa shape index (κ2) is 7.47. The van der Waals surface area contributed by atoms with Crippen LogP contribution in [0, 0.1) is 5.82 Å². The van der Waals surface area contributed by atoms with Gasteiger partial charge in [-0.2, -0.15) is 0 Å². The van der Waals surface area contributed by atoms with Gasteiger partial charge in [0.25, 0.3) is 5.91 Å². The van der Waals surface area contributed by atoms with Gasteiger partial charge in [0.05, 0.1) is 23.0 Å². The van der Waals surface area contributed by atoms with Crippen LogP contribution in [-0.4, -0.2) is 24.5 Å². The van der Waals surface area contributed by atoms with Crippen LogP contribution in [0.25, 0.3) is 10.2 Å². The van der Waals surface area contributed by atoms with Crippen molar-refractivity contribution >= 4 is 44.7 Å². The first-order valence-corrected chi connectivity index (χ1v) is 9.06. The van der Waals surface area contributed by atoms with Crippen molar-refractivity contribution < 1.29 is 14.1 Å². The molecule has 0 aliphatic carbocycles. The molecule has 25 heavy (non-hydrogen) atoms. The van der Waals surface area contributed by atoms with Crippen LogP contribution in [-0.2, 0) is 4.79 Å². The average molecular weight is 379 g/mol. The summed E-state index contributed by atoms with van der Waals surface area (Å²) in [6.45, 7) is 2.23. The Morgan fingerprint density at radius 3 is 2.88 bits per heavy atom. The van der Waals surface area contributed by atoms with Crippen molar-refractivity contribution in [3.63, 3.8) is 0 Å². The fourth-order valence-corrected chi connectivity index (χ4v) is 3.76. The highest BCUT2D eigenvalue weighted by atomic mass is 35.5. The zero-order valence-electron chi connectivity index (χ0n) is 13.8. The lowest BCUT2D eigenvalue weighted by Gasteiger charge is -2.19. The van der Waals surface area contributed by atoms with Gasteiger partial charge in [-0.1, -0.05) is 23.7 Å². The van der Waals surface area contributed by atoms with E-state index in [1.807, 2.05) is 38.2 Å². The Morgan fingerprint density at radius 1 is 1.36 bits per heavy atom.